The fourth-order valence-corrected chi connectivity index (χ4v) is 3.54. The number of benzene rings is 2. The zero-order chi connectivity index (χ0) is 25.5. The molecule has 0 aliphatic heterocycles. The molecule has 1 amide bonds. The van der Waals surface area contributed by atoms with Crippen molar-refractivity contribution in [3.05, 3.63) is 86.1 Å². The average Bonchev–Trinajstić information content (AvgIpc) is 2.85. The van der Waals surface area contributed by atoms with Gasteiger partial charge in [0.15, 0.2) is 5.56 Å². The summed E-state index contributed by atoms with van der Waals surface area (Å²) in [5.41, 5.74) is -1.31. The van der Waals surface area contributed by atoms with E-state index in [1.807, 2.05) is 0 Å². The summed E-state index contributed by atoms with van der Waals surface area (Å²) in [5.74, 6) is -2.28. The number of carbonyl (C=O) groups is 2. The molecule has 35 heavy (non-hydrogen) atoms. The van der Waals surface area contributed by atoms with Crippen LogP contribution in [0.5, 0.6) is 17.4 Å². The van der Waals surface area contributed by atoms with Crippen LogP contribution in [0.25, 0.3) is 0 Å². The van der Waals surface area contributed by atoms with Crippen molar-refractivity contribution in [2.75, 3.05) is 20.8 Å². The molecule has 0 radical (unpaired) electrons. The molecule has 0 fully saturated rings. The molecule has 1 heterocycles. The van der Waals surface area contributed by atoms with Crippen LogP contribution >= 0.6 is 0 Å². The van der Waals surface area contributed by atoms with Gasteiger partial charge in [-0.2, -0.15) is 0 Å². The summed E-state index contributed by atoms with van der Waals surface area (Å²) >= 11 is 0. The predicted octanol–water partition coefficient (Wildman–Crippen LogP) is 0.838. The van der Waals surface area contributed by atoms with E-state index in [1.54, 1.807) is 48.5 Å². The number of carboxylic acid groups (broad SMARTS) is 1. The highest BCUT2D eigenvalue weighted by molar-refractivity contribution is 5.97. The van der Waals surface area contributed by atoms with Crippen molar-refractivity contribution in [2.45, 2.75) is 19.5 Å². The number of aromatic nitrogens is 2. The number of hydrogen-bond acceptors (Lipinski definition) is 7. The number of nitrogens with one attached hydrogen (secondary N) is 1. The van der Waals surface area contributed by atoms with E-state index in [1.165, 1.54) is 14.2 Å². The lowest BCUT2D eigenvalue weighted by Crippen LogP contribution is -2.45. The van der Waals surface area contributed by atoms with Crippen LogP contribution in [-0.4, -0.2) is 52.0 Å². The number of ether oxygens (including phenoxy) is 2. The van der Waals surface area contributed by atoms with Gasteiger partial charge in [0.1, 0.15) is 18.0 Å². The Morgan fingerprint density at radius 1 is 1.00 bits per heavy atom. The van der Waals surface area contributed by atoms with Crippen LogP contribution in [0.4, 0.5) is 0 Å². The first-order chi connectivity index (χ1) is 16.8. The zero-order valence-electron chi connectivity index (χ0n) is 19.2. The molecule has 0 aliphatic carbocycles. The molecule has 3 aromatic rings. The Labute approximate surface area is 199 Å². The molecule has 0 spiro atoms. The Morgan fingerprint density at radius 3 is 2.43 bits per heavy atom. The first-order valence-corrected chi connectivity index (χ1v) is 10.6. The van der Waals surface area contributed by atoms with E-state index < -0.39 is 41.1 Å². The molecule has 0 saturated carbocycles. The summed E-state index contributed by atoms with van der Waals surface area (Å²) < 4.78 is 12.2. The maximum Gasteiger partial charge on any atom is 0.334 e. The number of aryl methyl sites for hydroxylation is 1. The van der Waals surface area contributed by atoms with E-state index in [9.17, 15) is 24.3 Å². The van der Waals surface area contributed by atoms with Gasteiger partial charge in [-0.05, 0) is 30.2 Å². The van der Waals surface area contributed by atoms with E-state index in [0.29, 0.717) is 17.1 Å². The van der Waals surface area contributed by atoms with Crippen molar-refractivity contribution in [3.8, 4) is 17.4 Å². The highest BCUT2D eigenvalue weighted by Gasteiger charge is 2.25. The molecule has 0 atom stereocenters. The van der Waals surface area contributed by atoms with Crippen LogP contribution in [0.3, 0.4) is 0 Å². The predicted molar refractivity (Wildman–Crippen MR) is 125 cm³/mol. The van der Waals surface area contributed by atoms with Gasteiger partial charge in [-0.1, -0.05) is 30.3 Å². The number of methoxy groups -OCH3 is 2. The van der Waals surface area contributed by atoms with E-state index in [0.717, 1.165) is 14.7 Å². The standard InChI is InChI=1S/C24H25N3O8/c1-34-17-8-5-6-15(12-17)10-11-26-22(31)20(21(30)25-13-19(28)29)23(32)27(24(26)33)14-16-7-3-4-9-18(16)35-2/h3-9,12,32H,10-11,13-14H2,1-2H3,(H,25,30)(H,28,29). The van der Waals surface area contributed by atoms with Gasteiger partial charge in [0, 0.05) is 12.1 Å². The molecule has 0 saturated heterocycles. The second-order valence-corrected chi connectivity index (χ2v) is 7.51. The molecule has 0 aliphatic rings. The third-order valence-electron chi connectivity index (χ3n) is 5.31. The Balaban J connectivity index is 2.10. The highest BCUT2D eigenvalue weighted by Crippen LogP contribution is 2.21. The number of carbonyl (C=O) groups excluding carboxylic acids is 1. The van der Waals surface area contributed by atoms with Crippen molar-refractivity contribution in [1.29, 1.82) is 0 Å². The average molecular weight is 483 g/mol. The summed E-state index contributed by atoms with van der Waals surface area (Å²) in [6.07, 6.45) is 0.252. The van der Waals surface area contributed by atoms with Crippen molar-refractivity contribution >= 4 is 11.9 Å². The number of carboxylic acids is 1. The van der Waals surface area contributed by atoms with Gasteiger partial charge in [0.25, 0.3) is 11.5 Å². The lowest BCUT2D eigenvalue weighted by molar-refractivity contribution is -0.135. The third kappa shape index (κ3) is 5.69. The summed E-state index contributed by atoms with van der Waals surface area (Å²) in [7, 11) is 2.96. The van der Waals surface area contributed by atoms with Gasteiger partial charge in [-0.3, -0.25) is 23.5 Å². The topological polar surface area (TPSA) is 149 Å². The van der Waals surface area contributed by atoms with Gasteiger partial charge >= 0.3 is 11.7 Å². The van der Waals surface area contributed by atoms with Crippen LogP contribution in [0.2, 0.25) is 0 Å². The zero-order valence-corrected chi connectivity index (χ0v) is 19.2. The molecule has 0 bridgehead atoms. The second kappa shape index (κ2) is 11.1. The minimum absolute atomic E-state index is 0.101. The molecule has 0 unspecified atom stereocenters. The fourth-order valence-electron chi connectivity index (χ4n) is 3.54. The van der Waals surface area contributed by atoms with Crippen LogP contribution < -0.4 is 26.0 Å². The van der Waals surface area contributed by atoms with E-state index in [2.05, 4.69) is 5.32 Å². The maximum atomic E-state index is 13.3. The molecule has 184 valence electrons. The van der Waals surface area contributed by atoms with Crippen molar-refractivity contribution in [2.24, 2.45) is 0 Å². The van der Waals surface area contributed by atoms with Gasteiger partial charge in [0.05, 0.1) is 20.8 Å². The molecular formula is C24H25N3O8. The molecule has 2 aromatic carbocycles. The van der Waals surface area contributed by atoms with Crippen LogP contribution in [-0.2, 0) is 24.3 Å². The smallest absolute Gasteiger partial charge is 0.334 e. The van der Waals surface area contributed by atoms with Gasteiger partial charge < -0.3 is 25.0 Å². The SMILES string of the molecule is COc1cccc(CCn2c(=O)c(C(=O)NCC(=O)O)c(O)n(Cc3ccccc3OC)c2=O)c1. The highest BCUT2D eigenvalue weighted by atomic mass is 16.5. The summed E-state index contributed by atoms with van der Waals surface area (Å²) in [4.78, 5) is 49.9. The number of para-hydroxylation sites is 1. The third-order valence-corrected chi connectivity index (χ3v) is 5.31. The van der Waals surface area contributed by atoms with Gasteiger partial charge in [-0.25, -0.2) is 4.79 Å². The lowest BCUT2D eigenvalue weighted by atomic mass is 10.1. The summed E-state index contributed by atoms with van der Waals surface area (Å²) in [6, 6.07) is 13.8. The van der Waals surface area contributed by atoms with E-state index in [-0.39, 0.29) is 19.5 Å². The summed E-state index contributed by atoms with van der Waals surface area (Å²) in [5, 5.41) is 21.7. The molecule has 1 aromatic heterocycles. The Bertz CT molecular complexity index is 1360. The van der Waals surface area contributed by atoms with Gasteiger partial charge in [0.2, 0.25) is 5.88 Å². The largest absolute Gasteiger partial charge is 0.497 e. The summed E-state index contributed by atoms with van der Waals surface area (Å²) in [6.45, 7) is -1.07. The molecule has 3 N–H and O–H groups in total. The monoisotopic (exact) mass is 483 g/mol. The molecule has 3 rings (SSSR count). The van der Waals surface area contributed by atoms with E-state index >= 15 is 0 Å². The Hall–Kier alpha value is -4.54. The number of nitrogens with zero attached hydrogens (tertiary/aromatic N) is 2. The molecular weight excluding hydrogens is 458 g/mol. The second-order valence-electron chi connectivity index (χ2n) is 7.51. The minimum Gasteiger partial charge on any atom is -0.497 e. The first-order valence-electron chi connectivity index (χ1n) is 10.6. The van der Waals surface area contributed by atoms with Crippen LogP contribution in [0.15, 0.2) is 58.1 Å². The number of amides is 1. The van der Waals surface area contributed by atoms with Crippen LogP contribution in [0.1, 0.15) is 21.5 Å². The first kappa shape index (κ1) is 25.1. The Kier molecular flexibility index (Phi) is 7.92. The number of aromatic hydroxyl groups is 1. The van der Waals surface area contributed by atoms with Crippen LogP contribution in [0, 0.1) is 0 Å². The normalized spacial score (nSPS) is 10.6. The Morgan fingerprint density at radius 2 is 1.74 bits per heavy atom. The number of rotatable bonds is 10. The van der Waals surface area contributed by atoms with Crippen molar-refractivity contribution < 1.29 is 29.3 Å². The quantitative estimate of drug-likeness (QED) is 0.384. The van der Waals surface area contributed by atoms with Gasteiger partial charge in [-0.15, -0.1) is 0 Å². The lowest BCUT2D eigenvalue weighted by Gasteiger charge is -2.17. The maximum absolute atomic E-state index is 13.3. The molecule has 11 heteroatoms. The fraction of sp³-hybridized carbons (Fsp3) is 0.250. The molecule has 11 nitrogen and oxygen atoms in total. The van der Waals surface area contributed by atoms with Crippen molar-refractivity contribution in [1.82, 2.24) is 14.5 Å². The minimum atomic E-state index is -1.33. The number of aliphatic carboxylic acids is 1. The number of hydrogen-bond donors (Lipinski definition) is 3. The van der Waals surface area contributed by atoms with E-state index in [4.69, 9.17) is 14.6 Å². The van der Waals surface area contributed by atoms with Crippen molar-refractivity contribution in [3.63, 3.8) is 0 Å².